The lowest BCUT2D eigenvalue weighted by atomic mass is 9.88. The standard InChI is InChI=1S/C17H22N2O4/c1-3-10-17(11-4-2)15(21)19(16(22)18-17)12-14(20)23-13-8-6-5-7-9-13/h5-9H,3-4,10-12H2,1-2H3,(H,18,22). The molecule has 6 heteroatoms. The zero-order chi connectivity index (χ0) is 16.9. The van der Waals surface area contributed by atoms with E-state index < -0.39 is 17.5 Å². The number of amides is 3. The van der Waals surface area contributed by atoms with Crippen LogP contribution in [-0.4, -0.2) is 34.9 Å². The normalized spacial score (nSPS) is 16.3. The average molecular weight is 318 g/mol. The van der Waals surface area contributed by atoms with Crippen molar-refractivity contribution >= 4 is 17.9 Å². The number of carbonyl (C=O) groups excluding carboxylic acids is 3. The van der Waals surface area contributed by atoms with Gasteiger partial charge in [0, 0.05) is 0 Å². The van der Waals surface area contributed by atoms with Crippen molar-refractivity contribution in [2.75, 3.05) is 6.54 Å². The maximum Gasteiger partial charge on any atom is 0.331 e. The van der Waals surface area contributed by atoms with Crippen LogP contribution in [0.2, 0.25) is 0 Å². The summed E-state index contributed by atoms with van der Waals surface area (Å²) < 4.78 is 5.15. The Kier molecular flexibility index (Phi) is 5.36. The third-order valence-electron chi connectivity index (χ3n) is 3.86. The number of imide groups is 1. The first-order valence-electron chi connectivity index (χ1n) is 7.92. The largest absolute Gasteiger partial charge is 0.425 e. The third kappa shape index (κ3) is 3.70. The predicted octanol–water partition coefficient (Wildman–Crippen LogP) is 2.48. The summed E-state index contributed by atoms with van der Waals surface area (Å²) in [4.78, 5) is 37.7. The summed E-state index contributed by atoms with van der Waals surface area (Å²) in [5, 5.41) is 2.77. The van der Waals surface area contributed by atoms with Gasteiger partial charge in [-0.3, -0.25) is 9.69 Å². The summed E-state index contributed by atoms with van der Waals surface area (Å²) in [6, 6.07) is 8.04. The number of nitrogens with zero attached hydrogens (tertiary/aromatic N) is 1. The molecule has 0 saturated carbocycles. The summed E-state index contributed by atoms with van der Waals surface area (Å²) in [6.07, 6.45) is 2.67. The van der Waals surface area contributed by atoms with Gasteiger partial charge in [-0.05, 0) is 25.0 Å². The van der Waals surface area contributed by atoms with Crippen molar-refractivity contribution in [1.82, 2.24) is 10.2 Å². The molecule has 1 fully saturated rings. The Balaban J connectivity index is 2.06. The highest BCUT2D eigenvalue weighted by atomic mass is 16.5. The number of carbonyl (C=O) groups is 3. The average Bonchev–Trinajstić information content (AvgIpc) is 2.73. The van der Waals surface area contributed by atoms with E-state index in [1.165, 1.54) is 0 Å². The summed E-state index contributed by atoms with van der Waals surface area (Å²) >= 11 is 0. The monoisotopic (exact) mass is 318 g/mol. The van der Waals surface area contributed by atoms with Crippen molar-refractivity contribution in [2.45, 2.75) is 45.1 Å². The van der Waals surface area contributed by atoms with Crippen LogP contribution in [0.4, 0.5) is 4.79 Å². The molecular weight excluding hydrogens is 296 g/mol. The molecule has 0 spiro atoms. The van der Waals surface area contributed by atoms with E-state index in [0.717, 1.165) is 17.7 Å². The summed E-state index contributed by atoms with van der Waals surface area (Å²) in [5.74, 6) is -0.586. The van der Waals surface area contributed by atoms with Crippen LogP contribution in [-0.2, 0) is 9.59 Å². The molecule has 1 aliphatic rings. The number of hydrogen-bond acceptors (Lipinski definition) is 4. The molecular formula is C17H22N2O4. The maximum atomic E-state index is 12.6. The van der Waals surface area contributed by atoms with E-state index in [9.17, 15) is 14.4 Å². The molecule has 2 rings (SSSR count). The number of nitrogens with one attached hydrogen (secondary N) is 1. The van der Waals surface area contributed by atoms with Crippen molar-refractivity contribution in [3.63, 3.8) is 0 Å². The van der Waals surface area contributed by atoms with Crippen molar-refractivity contribution in [3.8, 4) is 5.75 Å². The van der Waals surface area contributed by atoms with E-state index in [0.29, 0.717) is 18.6 Å². The fourth-order valence-electron chi connectivity index (χ4n) is 2.92. The molecule has 1 heterocycles. The molecule has 23 heavy (non-hydrogen) atoms. The van der Waals surface area contributed by atoms with Gasteiger partial charge in [0.2, 0.25) is 0 Å². The zero-order valence-corrected chi connectivity index (χ0v) is 13.5. The Labute approximate surface area is 135 Å². The van der Waals surface area contributed by atoms with E-state index in [-0.39, 0.29) is 12.5 Å². The van der Waals surface area contributed by atoms with E-state index >= 15 is 0 Å². The quantitative estimate of drug-likeness (QED) is 0.476. The maximum absolute atomic E-state index is 12.6. The molecule has 0 aromatic heterocycles. The number of hydrogen-bond donors (Lipinski definition) is 1. The van der Waals surface area contributed by atoms with Gasteiger partial charge in [-0.15, -0.1) is 0 Å². The first kappa shape index (κ1) is 17.0. The lowest BCUT2D eigenvalue weighted by molar-refractivity contribution is -0.141. The van der Waals surface area contributed by atoms with Crippen LogP contribution in [0.15, 0.2) is 30.3 Å². The summed E-state index contributed by atoms with van der Waals surface area (Å²) in [7, 11) is 0. The summed E-state index contributed by atoms with van der Waals surface area (Å²) in [5.41, 5.74) is -0.881. The number of para-hydroxylation sites is 1. The van der Waals surface area contributed by atoms with E-state index in [1.807, 2.05) is 13.8 Å². The lowest BCUT2D eigenvalue weighted by Gasteiger charge is -2.25. The van der Waals surface area contributed by atoms with Crippen molar-refractivity contribution in [1.29, 1.82) is 0 Å². The molecule has 0 bridgehead atoms. The molecule has 1 aromatic rings. The van der Waals surface area contributed by atoms with Gasteiger partial charge < -0.3 is 10.1 Å². The topological polar surface area (TPSA) is 75.7 Å². The van der Waals surface area contributed by atoms with Crippen LogP contribution in [0.5, 0.6) is 5.75 Å². The van der Waals surface area contributed by atoms with Crippen molar-refractivity contribution in [3.05, 3.63) is 30.3 Å². The second-order valence-electron chi connectivity index (χ2n) is 5.69. The number of benzene rings is 1. The van der Waals surface area contributed by atoms with Gasteiger partial charge in [-0.1, -0.05) is 44.9 Å². The lowest BCUT2D eigenvalue weighted by Crippen LogP contribution is -2.47. The molecule has 3 amide bonds. The minimum absolute atomic E-state index is 0.337. The Bertz CT molecular complexity index is 580. The highest BCUT2D eigenvalue weighted by Crippen LogP contribution is 2.28. The number of rotatable bonds is 7. The third-order valence-corrected chi connectivity index (χ3v) is 3.86. The highest BCUT2D eigenvalue weighted by molar-refractivity contribution is 6.08. The first-order valence-corrected chi connectivity index (χ1v) is 7.92. The van der Waals surface area contributed by atoms with E-state index in [1.54, 1.807) is 30.3 Å². The van der Waals surface area contributed by atoms with E-state index in [4.69, 9.17) is 4.74 Å². The zero-order valence-electron chi connectivity index (χ0n) is 13.5. The molecule has 0 atom stereocenters. The van der Waals surface area contributed by atoms with Crippen LogP contribution < -0.4 is 10.1 Å². The van der Waals surface area contributed by atoms with Crippen molar-refractivity contribution in [2.24, 2.45) is 0 Å². The Morgan fingerprint density at radius 1 is 1.13 bits per heavy atom. The van der Waals surface area contributed by atoms with Crippen LogP contribution in [0.3, 0.4) is 0 Å². The predicted molar refractivity (Wildman–Crippen MR) is 84.9 cm³/mol. The van der Waals surface area contributed by atoms with E-state index in [2.05, 4.69) is 5.32 Å². The van der Waals surface area contributed by atoms with Crippen molar-refractivity contribution < 1.29 is 19.1 Å². The summed E-state index contributed by atoms with van der Waals surface area (Å²) in [6.45, 7) is 3.54. The molecule has 1 aromatic carbocycles. The molecule has 0 radical (unpaired) electrons. The minimum Gasteiger partial charge on any atom is -0.425 e. The van der Waals surface area contributed by atoms with Crippen LogP contribution >= 0.6 is 0 Å². The SMILES string of the molecule is CCCC1(CCC)NC(=O)N(CC(=O)Oc2ccccc2)C1=O. The molecule has 1 N–H and O–H groups in total. The number of urea groups is 1. The van der Waals surface area contributed by atoms with Gasteiger partial charge in [-0.2, -0.15) is 0 Å². The molecule has 124 valence electrons. The van der Waals surface area contributed by atoms with Gasteiger partial charge in [0.05, 0.1) is 0 Å². The highest BCUT2D eigenvalue weighted by Gasteiger charge is 2.50. The van der Waals surface area contributed by atoms with Crippen LogP contribution in [0, 0.1) is 0 Å². The van der Waals surface area contributed by atoms with Gasteiger partial charge in [0.1, 0.15) is 17.8 Å². The second kappa shape index (κ2) is 7.26. The van der Waals surface area contributed by atoms with Gasteiger partial charge >= 0.3 is 12.0 Å². The minimum atomic E-state index is -0.881. The fraction of sp³-hybridized carbons (Fsp3) is 0.471. The Morgan fingerprint density at radius 2 is 1.74 bits per heavy atom. The van der Waals surface area contributed by atoms with Gasteiger partial charge in [-0.25, -0.2) is 9.59 Å². The smallest absolute Gasteiger partial charge is 0.331 e. The molecule has 1 saturated heterocycles. The number of ether oxygens (including phenoxy) is 1. The number of esters is 1. The van der Waals surface area contributed by atoms with Gasteiger partial charge in [0.15, 0.2) is 0 Å². The van der Waals surface area contributed by atoms with Crippen LogP contribution in [0.25, 0.3) is 0 Å². The molecule has 0 unspecified atom stereocenters. The van der Waals surface area contributed by atoms with Crippen LogP contribution in [0.1, 0.15) is 39.5 Å². The molecule has 0 aliphatic carbocycles. The fourth-order valence-corrected chi connectivity index (χ4v) is 2.92. The Hall–Kier alpha value is -2.37. The van der Waals surface area contributed by atoms with Gasteiger partial charge in [0.25, 0.3) is 5.91 Å². The molecule has 6 nitrogen and oxygen atoms in total. The molecule has 1 aliphatic heterocycles. The first-order chi connectivity index (χ1) is 11.0. The Morgan fingerprint density at radius 3 is 2.30 bits per heavy atom. The second-order valence-corrected chi connectivity index (χ2v) is 5.69.